The third-order valence-electron chi connectivity index (χ3n) is 8.91. The molecule has 14 nitrogen and oxygen atoms in total. The van der Waals surface area contributed by atoms with Crippen molar-refractivity contribution in [3.63, 3.8) is 0 Å². The Labute approximate surface area is 319 Å². The highest BCUT2D eigenvalue weighted by Gasteiger charge is 2.49. The van der Waals surface area contributed by atoms with E-state index < -0.39 is 53.1 Å². The fraction of sp³-hybridized carbons (Fsp3) is 0.538. The van der Waals surface area contributed by atoms with Gasteiger partial charge in [0.25, 0.3) is 5.69 Å². The van der Waals surface area contributed by atoms with Crippen LogP contribution in [0.3, 0.4) is 0 Å². The van der Waals surface area contributed by atoms with Gasteiger partial charge in [0.05, 0.1) is 53.2 Å². The SMILES string of the molecule is CCN(CCOC(=O)C(C)(C)CC(C)(CC(C)(CC)C(=O)OC)C(=O)OCC#C[Si](C)(C)C)c1ccc(N=Nc2ccc(C(=O)OC)cc2[N+](=O)[O-])cc1. The van der Waals surface area contributed by atoms with Crippen LogP contribution < -0.4 is 4.90 Å². The predicted octanol–water partition coefficient (Wildman–Crippen LogP) is 7.99. The van der Waals surface area contributed by atoms with E-state index in [4.69, 9.17) is 14.2 Å². The molecule has 0 N–H and O–H groups in total. The van der Waals surface area contributed by atoms with Gasteiger partial charge in [-0.05, 0) is 90.3 Å². The van der Waals surface area contributed by atoms with Gasteiger partial charge in [-0.3, -0.25) is 24.5 Å². The molecule has 0 fully saturated rings. The molecular weight excluding hydrogens is 713 g/mol. The number of carbonyl (C=O) groups is 4. The molecule has 0 bridgehead atoms. The average molecular weight is 767 g/mol. The van der Waals surface area contributed by atoms with E-state index in [9.17, 15) is 29.3 Å². The van der Waals surface area contributed by atoms with Gasteiger partial charge >= 0.3 is 23.9 Å². The van der Waals surface area contributed by atoms with E-state index >= 15 is 0 Å². The largest absolute Gasteiger partial charge is 0.469 e. The number of ether oxygens (including phenoxy) is 4. The molecule has 0 heterocycles. The second kappa shape index (κ2) is 19.3. The molecule has 294 valence electrons. The molecule has 2 atom stereocenters. The molecular formula is C39H54N4O10Si. The molecule has 0 aliphatic heterocycles. The van der Waals surface area contributed by atoms with E-state index in [0.717, 1.165) is 11.8 Å². The van der Waals surface area contributed by atoms with Gasteiger partial charge in [0.1, 0.15) is 14.7 Å². The zero-order chi connectivity index (χ0) is 40.9. The topological polar surface area (TPSA) is 176 Å². The Morgan fingerprint density at radius 1 is 0.852 bits per heavy atom. The van der Waals surface area contributed by atoms with E-state index in [1.807, 2.05) is 18.7 Å². The summed E-state index contributed by atoms with van der Waals surface area (Å²) in [5.74, 6) is 0.738. The van der Waals surface area contributed by atoms with E-state index in [2.05, 4.69) is 46.1 Å². The molecule has 0 radical (unpaired) electrons. The summed E-state index contributed by atoms with van der Waals surface area (Å²) < 4.78 is 21.1. The summed E-state index contributed by atoms with van der Waals surface area (Å²) in [5, 5.41) is 19.7. The van der Waals surface area contributed by atoms with Gasteiger partial charge in [0.15, 0.2) is 12.3 Å². The van der Waals surface area contributed by atoms with Gasteiger partial charge in [-0.15, -0.1) is 10.7 Å². The Balaban J connectivity index is 2.16. The molecule has 0 amide bonds. The number of benzene rings is 2. The molecule has 0 aromatic heterocycles. The second-order valence-electron chi connectivity index (χ2n) is 15.2. The van der Waals surface area contributed by atoms with Gasteiger partial charge in [0, 0.05) is 18.3 Å². The Hall–Kier alpha value is -5.10. The Kier molecular flexibility index (Phi) is 16.1. The summed E-state index contributed by atoms with van der Waals surface area (Å²) in [7, 11) is 0.812. The lowest BCUT2D eigenvalue weighted by Gasteiger charge is -2.39. The first-order chi connectivity index (χ1) is 25.1. The number of likely N-dealkylation sites (N-methyl/N-ethyl adjacent to an activating group) is 1. The highest BCUT2D eigenvalue weighted by Crippen LogP contribution is 2.45. The van der Waals surface area contributed by atoms with Gasteiger partial charge in [-0.1, -0.05) is 32.5 Å². The molecule has 0 aliphatic carbocycles. The van der Waals surface area contributed by atoms with Crippen molar-refractivity contribution in [2.45, 2.75) is 80.4 Å². The highest BCUT2D eigenvalue weighted by atomic mass is 28.3. The van der Waals surface area contributed by atoms with Crippen molar-refractivity contribution in [3.8, 4) is 11.5 Å². The lowest BCUT2D eigenvalue weighted by molar-refractivity contribution is -0.384. The number of esters is 4. The fourth-order valence-electron chi connectivity index (χ4n) is 6.04. The number of nitro benzene ring substituents is 1. The Bertz CT molecular complexity index is 1760. The van der Waals surface area contributed by atoms with Crippen molar-refractivity contribution >= 4 is 54.7 Å². The number of nitro groups is 1. The van der Waals surface area contributed by atoms with Crippen molar-refractivity contribution in [2.75, 3.05) is 45.4 Å². The van der Waals surface area contributed by atoms with Crippen LogP contribution in [0.15, 0.2) is 52.7 Å². The zero-order valence-electron chi connectivity index (χ0n) is 33.4. The summed E-state index contributed by atoms with van der Waals surface area (Å²) in [6, 6.07) is 10.8. The lowest BCUT2D eigenvalue weighted by Crippen LogP contribution is -2.44. The minimum absolute atomic E-state index is 0.0222. The molecule has 2 unspecified atom stereocenters. The summed E-state index contributed by atoms with van der Waals surface area (Å²) >= 11 is 0. The molecule has 2 aromatic rings. The highest BCUT2D eigenvalue weighted by molar-refractivity contribution is 6.83. The fourth-order valence-corrected chi connectivity index (χ4v) is 6.64. The third kappa shape index (κ3) is 12.8. The molecule has 2 aromatic carbocycles. The number of nitrogens with zero attached hydrogens (tertiary/aromatic N) is 4. The molecule has 0 saturated heterocycles. The first kappa shape index (κ1) is 45.1. The first-order valence-corrected chi connectivity index (χ1v) is 21.2. The van der Waals surface area contributed by atoms with Crippen molar-refractivity contribution in [1.29, 1.82) is 0 Å². The smallest absolute Gasteiger partial charge is 0.338 e. The van der Waals surface area contributed by atoms with Gasteiger partial charge < -0.3 is 23.8 Å². The number of anilines is 1. The van der Waals surface area contributed by atoms with Gasteiger partial charge in [0.2, 0.25) is 0 Å². The van der Waals surface area contributed by atoms with Crippen molar-refractivity contribution in [2.24, 2.45) is 26.5 Å². The van der Waals surface area contributed by atoms with E-state index in [0.29, 0.717) is 25.2 Å². The van der Waals surface area contributed by atoms with Crippen LogP contribution in [0.5, 0.6) is 0 Å². The minimum atomic E-state index is -1.68. The predicted molar refractivity (Wildman–Crippen MR) is 208 cm³/mol. The second-order valence-corrected chi connectivity index (χ2v) is 20.0. The summed E-state index contributed by atoms with van der Waals surface area (Å²) in [6.45, 7) is 17.9. The summed E-state index contributed by atoms with van der Waals surface area (Å²) in [6.07, 6.45) is 0.560. The maximum atomic E-state index is 13.7. The number of carbonyl (C=O) groups excluding carboxylic acids is 4. The number of methoxy groups -OCH3 is 2. The van der Waals surface area contributed by atoms with Crippen LogP contribution in [-0.2, 0) is 33.3 Å². The summed E-state index contributed by atoms with van der Waals surface area (Å²) in [4.78, 5) is 64.7. The van der Waals surface area contributed by atoms with Crippen LogP contribution >= 0.6 is 0 Å². The Morgan fingerprint density at radius 3 is 2.04 bits per heavy atom. The zero-order valence-corrected chi connectivity index (χ0v) is 34.4. The first-order valence-electron chi connectivity index (χ1n) is 17.7. The standard InChI is InChI=1S/C39H54N4O10Si/c1-12-38(5,35(46)51-8)27-39(6,36(47)52-22-14-24-54(9,10)11)26-37(3,4)34(45)53-23-21-42(13-2)30-18-16-29(17-19-30)40-41-31-20-15-28(33(44)50-7)25-32(31)43(48)49/h15-20,25H,12-13,21-23,26-27H2,1-11H3. The average Bonchev–Trinajstić information content (AvgIpc) is 3.12. The number of azo groups is 1. The maximum absolute atomic E-state index is 13.7. The molecule has 0 aliphatic rings. The number of rotatable bonds is 18. The molecule has 0 saturated carbocycles. The molecule has 2 rings (SSSR count). The van der Waals surface area contributed by atoms with Crippen LogP contribution in [0.1, 0.15) is 71.2 Å². The number of hydrogen-bond acceptors (Lipinski definition) is 13. The monoisotopic (exact) mass is 766 g/mol. The maximum Gasteiger partial charge on any atom is 0.338 e. The van der Waals surface area contributed by atoms with E-state index in [-0.39, 0.29) is 43.0 Å². The van der Waals surface area contributed by atoms with Crippen molar-refractivity contribution in [3.05, 3.63) is 58.1 Å². The van der Waals surface area contributed by atoms with Crippen LogP contribution in [0, 0.1) is 37.8 Å². The number of hydrogen-bond donors (Lipinski definition) is 0. The normalized spacial score (nSPS) is 13.8. The third-order valence-corrected chi connectivity index (χ3v) is 9.84. The molecule has 54 heavy (non-hydrogen) atoms. The quantitative estimate of drug-likeness (QED) is 0.0273. The van der Waals surface area contributed by atoms with Gasteiger partial charge in [-0.25, -0.2) is 4.79 Å². The molecule has 15 heteroatoms. The van der Waals surface area contributed by atoms with Crippen LogP contribution in [0.4, 0.5) is 22.7 Å². The lowest BCUT2D eigenvalue weighted by atomic mass is 9.65. The van der Waals surface area contributed by atoms with Crippen LogP contribution in [-0.4, -0.2) is 77.4 Å². The Morgan fingerprint density at radius 2 is 1.50 bits per heavy atom. The van der Waals surface area contributed by atoms with Gasteiger partial charge in [-0.2, -0.15) is 5.11 Å². The minimum Gasteiger partial charge on any atom is -0.469 e. The van der Waals surface area contributed by atoms with Crippen LogP contribution in [0.25, 0.3) is 0 Å². The van der Waals surface area contributed by atoms with Crippen molar-refractivity contribution in [1.82, 2.24) is 0 Å². The van der Waals surface area contributed by atoms with Crippen molar-refractivity contribution < 1.29 is 43.0 Å². The van der Waals surface area contributed by atoms with Crippen LogP contribution in [0.2, 0.25) is 19.6 Å². The molecule has 0 spiro atoms. The van der Waals surface area contributed by atoms with E-state index in [1.54, 1.807) is 52.0 Å². The van der Waals surface area contributed by atoms with E-state index in [1.165, 1.54) is 26.4 Å². The summed E-state index contributed by atoms with van der Waals surface area (Å²) in [5.41, 5.74) is 0.669.